The topological polar surface area (TPSA) is 60.3 Å². The van der Waals surface area contributed by atoms with Gasteiger partial charge in [-0.25, -0.2) is 0 Å². The molecule has 0 aliphatic carbocycles. The summed E-state index contributed by atoms with van der Waals surface area (Å²) in [6.07, 6.45) is 1.56. The normalized spacial score (nSPS) is 10.5. The van der Waals surface area contributed by atoms with E-state index in [1.807, 2.05) is 13.8 Å². The van der Waals surface area contributed by atoms with E-state index in [9.17, 15) is 9.59 Å². The van der Waals surface area contributed by atoms with E-state index in [2.05, 4.69) is 5.32 Å². The molecular weight excluding hydrogens is 280 g/mol. The molecule has 0 bridgehead atoms. The molecule has 0 fully saturated rings. The summed E-state index contributed by atoms with van der Waals surface area (Å²) in [5, 5.41) is 2.84. The molecule has 2 rings (SSSR count). The molecule has 0 aliphatic heterocycles. The van der Waals surface area contributed by atoms with Crippen LogP contribution in [0.1, 0.15) is 24.2 Å². The number of benzene rings is 1. The number of carbonyl (C=O) groups is 1. The largest absolute Gasteiger partial charge is 0.497 e. The van der Waals surface area contributed by atoms with Crippen LogP contribution in [0.5, 0.6) is 5.75 Å². The van der Waals surface area contributed by atoms with Crippen molar-refractivity contribution in [2.24, 2.45) is 5.92 Å². The molecule has 0 aliphatic rings. The second-order valence-corrected chi connectivity index (χ2v) is 5.43. The predicted octanol–water partition coefficient (Wildman–Crippen LogP) is 2.23. The van der Waals surface area contributed by atoms with Gasteiger partial charge >= 0.3 is 0 Å². The van der Waals surface area contributed by atoms with E-state index in [0.717, 1.165) is 0 Å². The molecule has 5 heteroatoms. The highest BCUT2D eigenvalue weighted by Crippen LogP contribution is 2.14. The maximum absolute atomic E-state index is 12.1. The minimum Gasteiger partial charge on any atom is -0.497 e. The van der Waals surface area contributed by atoms with E-state index < -0.39 is 0 Å². The highest BCUT2D eigenvalue weighted by molar-refractivity contribution is 5.93. The number of aromatic nitrogens is 1. The van der Waals surface area contributed by atoms with Gasteiger partial charge in [0.2, 0.25) is 0 Å². The smallest absolute Gasteiger partial charge is 0.255 e. The van der Waals surface area contributed by atoms with Crippen LogP contribution in [0.25, 0.3) is 5.69 Å². The first-order valence-electron chi connectivity index (χ1n) is 7.16. The number of amides is 1. The third-order valence-corrected chi connectivity index (χ3v) is 3.19. The monoisotopic (exact) mass is 300 g/mol. The second kappa shape index (κ2) is 6.93. The first-order valence-corrected chi connectivity index (χ1v) is 7.16. The summed E-state index contributed by atoms with van der Waals surface area (Å²) < 4.78 is 6.55. The number of methoxy groups -OCH3 is 1. The number of hydrogen-bond acceptors (Lipinski definition) is 3. The SMILES string of the molecule is COc1ccc(-n2cc(C(=O)NCC(C)C)ccc2=O)cc1. The van der Waals surface area contributed by atoms with Crippen LogP contribution < -0.4 is 15.6 Å². The van der Waals surface area contributed by atoms with Crippen molar-refractivity contribution >= 4 is 5.91 Å². The highest BCUT2D eigenvalue weighted by Gasteiger charge is 2.09. The highest BCUT2D eigenvalue weighted by atomic mass is 16.5. The molecule has 0 saturated heterocycles. The molecular formula is C17H20N2O3. The Balaban J connectivity index is 2.30. The Bertz CT molecular complexity index is 703. The minimum atomic E-state index is -0.189. The molecule has 116 valence electrons. The van der Waals surface area contributed by atoms with E-state index >= 15 is 0 Å². The Morgan fingerprint density at radius 1 is 1.18 bits per heavy atom. The number of nitrogens with one attached hydrogen (secondary N) is 1. The van der Waals surface area contributed by atoms with Crippen LogP contribution in [-0.4, -0.2) is 24.1 Å². The van der Waals surface area contributed by atoms with Crippen molar-refractivity contribution in [1.29, 1.82) is 0 Å². The molecule has 1 aromatic heterocycles. The van der Waals surface area contributed by atoms with Gasteiger partial charge in [-0.2, -0.15) is 0 Å². The lowest BCUT2D eigenvalue weighted by atomic mass is 10.2. The number of pyridine rings is 1. The lowest BCUT2D eigenvalue weighted by Gasteiger charge is -2.10. The molecule has 1 amide bonds. The van der Waals surface area contributed by atoms with Crippen LogP contribution in [0.3, 0.4) is 0 Å². The summed E-state index contributed by atoms with van der Waals surface area (Å²) in [5.41, 5.74) is 0.950. The van der Waals surface area contributed by atoms with E-state index in [0.29, 0.717) is 29.5 Å². The van der Waals surface area contributed by atoms with E-state index in [-0.39, 0.29) is 11.5 Å². The first kappa shape index (κ1) is 15.8. The third-order valence-electron chi connectivity index (χ3n) is 3.19. The molecule has 0 unspecified atom stereocenters. The molecule has 5 nitrogen and oxygen atoms in total. The van der Waals surface area contributed by atoms with Crippen molar-refractivity contribution in [1.82, 2.24) is 9.88 Å². The molecule has 22 heavy (non-hydrogen) atoms. The fourth-order valence-corrected chi connectivity index (χ4v) is 1.96. The number of ether oxygens (including phenoxy) is 1. The average Bonchev–Trinajstić information content (AvgIpc) is 2.53. The fourth-order valence-electron chi connectivity index (χ4n) is 1.96. The first-order chi connectivity index (χ1) is 10.5. The van der Waals surface area contributed by atoms with Gasteiger partial charge in [0.15, 0.2) is 0 Å². The van der Waals surface area contributed by atoms with Gasteiger partial charge in [0, 0.05) is 24.5 Å². The van der Waals surface area contributed by atoms with Gasteiger partial charge in [0.05, 0.1) is 12.7 Å². The van der Waals surface area contributed by atoms with Crippen LogP contribution in [0.15, 0.2) is 47.4 Å². The molecule has 2 aromatic rings. The Kier molecular flexibility index (Phi) is 4.99. The molecule has 1 heterocycles. The molecule has 0 atom stereocenters. The summed E-state index contributed by atoms with van der Waals surface area (Å²) in [7, 11) is 1.58. The van der Waals surface area contributed by atoms with Gasteiger partial charge in [-0.3, -0.25) is 14.2 Å². The van der Waals surface area contributed by atoms with Crippen LogP contribution in [0, 0.1) is 5.92 Å². The Labute approximate surface area is 129 Å². The number of nitrogens with zero attached hydrogens (tertiary/aromatic N) is 1. The van der Waals surface area contributed by atoms with E-state index in [1.54, 1.807) is 37.6 Å². The zero-order valence-corrected chi connectivity index (χ0v) is 13.0. The van der Waals surface area contributed by atoms with Gasteiger partial charge < -0.3 is 10.1 Å². The van der Waals surface area contributed by atoms with Gasteiger partial charge in [-0.15, -0.1) is 0 Å². The summed E-state index contributed by atoms with van der Waals surface area (Å²) in [6, 6.07) is 10.0. The van der Waals surface area contributed by atoms with Crippen molar-refractivity contribution in [3.8, 4) is 11.4 Å². The fraction of sp³-hybridized carbons (Fsp3) is 0.294. The Hall–Kier alpha value is -2.56. The van der Waals surface area contributed by atoms with Crippen LogP contribution in [-0.2, 0) is 0 Å². The second-order valence-electron chi connectivity index (χ2n) is 5.43. The standard InChI is InChI=1S/C17H20N2O3/c1-12(2)10-18-17(21)13-4-9-16(20)19(11-13)14-5-7-15(22-3)8-6-14/h4-9,11-12H,10H2,1-3H3,(H,18,21). The molecule has 0 radical (unpaired) electrons. The third kappa shape index (κ3) is 3.75. The van der Waals surface area contributed by atoms with E-state index in [1.165, 1.54) is 16.7 Å². The quantitative estimate of drug-likeness (QED) is 0.921. The van der Waals surface area contributed by atoms with Crippen molar-refractivity contribution in [3.05, 3.63) is 58.5 Å². The summed E-state index contributed by atoms with van der Waals surface area (Å²) in [4.78, 5) is 24.1. The maximum Gasteiger partial charge on any atom is 0.255 e. The van der Waals surface area contributed by atoms with Crippen molar-refractivity contribution in [2.45, 2.75) is 13.8 Å². The van der Waals surface area contributed by atoms with Gasteiger partial charge in [-0.1, -0.05) is 13.8 Å². The summed E-state index contributed by atoms with van der Waals surface area (Å²) in [6.45, 7) is 4.65. The summed E-state index contributed by atoms with van der Waals surface area (Å²) >= 11 is 0. The lowest BCUT2D eigenvalue weighted by molar-refractivity contribution is 0.0948. The number of hydrogen-bond donors (Lipinski definition) is 1. The zero-order chi connectivity index (χ0) is 16.1. The molecule has 1 aromatic carbocycles. The zero-order valence-electron chi connectivity index (χ0n) is 13.0. The van der Waals surface area contributed by atoms with E-state index in [4.69, 9.17) is 4.74 Å². The van der Waals surface area contributed by atoms with Gasteiger partial charge in [0.25, 0.3) is 11.5 Å². The average molecular weight is 300 g/mol. The lowest BCUT2D eigenvalue weighted by Crippen LogP contribution is -2.29. The molecule has 0 spiro atoms. The van der Waals surface area contributed by atoms with Crippen LogP contribution in [0.4, 0.5) is 0 Å². The van der Waals surface area contributed by atoms with Crippen molar-refractivity contribution < 1.29 is 9.53 Å². The number of carbonyl (C=O) groups excluding carboxylic acids is 1. The minimum absolute atomic E-state index is 0.184. The van der Waals surface area contributed by atoms with Gasteiger partial charge in [0.1, 0.15) is 5.75 Å². The number of rotatable bonds is 5. The van der Waals surface area contributed by atoms with Gasteiger partial charge in [-0.05, 0) is 36.2 Å². The summed E-state index contributed by atoms with van der Waals surface area (Å²) in [5.74, 6) is 0.898. The van der Waals surface area contributed by atoms with Crippen LogP contribution in [0.2, 0.25) is 0 Å². The van der Waals surface area contributed by atoms with Crippen molar-refractivity contribution in [2.75, 3.05) is 13.7 Å². The maximum atomic E-state index is 12.1. The van der Waals surface area contributed by atoms with Crippen LogP contribution >= 0.6 is 0 Å². The predicted molar refractivity (Wildman–Crippen MR) is 85.8 cm³/mol. The molecule has 1 N–H and O–H groups in total. The Morgan fingerprint density at radius 3 is 2.45 bits per heavy atom. The molecule has 0 saturated carbocycles. The van der Waals surface area contributed by atoms with Crippen molar-refractivity contribution in [3.63, 3.8) is 0 Å². The Morgan fingerprint density at radius 2 is 1.86 bits per heavy atom.